The summed E-state index contributed by atoms with van der Waals surface area (Å²) >= 11 is 0. The van der Waals surface area contributed by atoms with Crippen LogP contribution in [0.3, 0.4) is 0 Å². The maximum Gasteiger partial charge on any atom is 0.341 e. The minimum absolute atomic E-state index is 0.00658. The molecule has 0 aliphatic rings. The number of nitrogens with one attached hydrogen (secondary N) is 1. The van der Waals surface area contributed by atoms with Crippen molar-refractivity contribution < 1.29 is 18.8 Å². The summed E-state index contributed by atoms with van der Waals surface area (Å²) in [5.74, 6) is -1.19. The van der Waals surface area contributed by atoms with E-state index in [1.165, 1.54) is 18.3 Å². The van der Waals surface area contributed by atoms with Gasteiger partial charge in [-0.3, -0.25) is 4.98 Å². The zero-order chi connectivity index (χ0) is 17.8. The number of carboxylic acid groups (broad SMARTS) is 1. The number of aromatic carboxylic acids is 1. The van der Waals surface area contributed by atoms with Gasteiger partial charge >= 0.3 is 5.97 Å². The van der Waals surface area contributed by atoms with E-state index in [9.17, 15) is 14.3 Å². The van der Waals surface area contributed by atoms with Crippen molar-refractivity contribution in [2.24, 2.45) is 0 Å². The molecule has 2 heterocycles. The average Bonchev–Trinajstić information content (AvgIpc) is 3.07. The molecular formula is C18H16FN3O3. The Balaban J connectivity index is 1.82. The van der Waals surface area contributed by atoms with Crippen LogP contribution in [0.25, 0.3) is 11.3 Å². The number of nitrogens with zero attached hydrogens (tertiary/aromatic N) is 2. The van der Waals surface area contributed by atoms with E-state index in [1.54, 1.807) is 37.4 Å². The van der Waals surface area contributed by atoms with Gasteiger partial charge in [-0.25, -0.2) is 9.18 Å². The van der Waals surface area contributed by atoms with Gasteiger partial charge in [0.1, 0.15) is 17.1 Å². The Morgan fingerprint density at radius 2 is 2.08 bits per heavy atom. The largest absolute Gasteiger partial charge is 0.477 e. The van der Waals surface area contributed by atoms with Gasteiger partial charge in [0.15, 0.2) is 5.76 Å². The molecule has 0 amide bonds. The van der Waals surface area contributed by atoms with Crippen molar-refractivity contribution in [2.75, 3.05) is 0 Å². The fourth-order valence-corrected chi connectivity index (χ4v) is 2.47. The van der Waals surface area contributed by atoms with Crippen LogP contribution in [0.2, 0.25) is 0 Å². The summed E-state index contributed by atoms with van der Waals surface area (Å²) in [7, 11) is 0. The lowest BCUT2D eigenvalue weighted by molar-refractivity contribution is 0.0694. The third-order valence-corrected chi connectivity index (χ3v) is 3.79. The van der Waals surface area contributed by atoms with Crippen molar-refractivity contribution >= 4 is 5.97 Å². The Kier molecular flexibility index (Phi) is 4.85. The lowest BCUT2D eigenvalue weighted by Crippen LogP contribution is -2.19. The van der Waals surface area contributed by atoms with Crippen LogP contribution in [-0.4, -0.2) is 21.2 Å². The van der Waals surface area contributed by atoms with Crippen molar-refractivity contribution in [3.8, 4) is 11.3 Å². The van der Waals surface area contributed by atoms with Crippen molar-refractivity contribution in [1.29, 1.82) is 0 Å². The van der Waals surface area contributed by atoms with E-state index < -0.39 is 12.0 Å². The van der Waals surface area contributed by atoms with Gasteiger partial charge in [0.25, 0.3) is 0 Å². The van der Waals surface area contributed by atoms with Crippen LogP contribution >= 0.6 is 0 Å². The molecule has 0 unspecified atom stereocenters. The number of carbonyl (C=O) groups is 1. The minimum atomic E-state index is -1.12. The van der Waals surface area contributed by atoms with Crippen molar-refractivity contribution in [3.63, 3.8) is 0 Å². The number of halogens is 1. The molecule has 0 aliphatic carbocycles. The summed E-state index contributed by atoms with van der Waals surface area (Å²) in [5.41, 5.74) is 1.69. The molecule has 3 aromatic rings. The Morgan fingerprint density at radius 3 is 2.72 bits per heavy atom. The molecule has 0 radical (unpaired) electrons. The molecule has 2 aromatic heterocycles. The molecule has 2 N–H and O–H groups in total. The van der Waals surface area contributed by atoms with Crippen LogP contribution in [0, 0.1) is 5.82 Å². The molecule has 0 aliphatic heterocycles. The maximum atomic E-state index is 12.9. The Labute approximate surface area is 143 Å². The highest BCUT2D eigenvalue weighted by molar-refractivity contribution is 5.95. The van der Waals surface area contributed by atoms with Crippen molar-refractivity contribution in [1.82, 2.24) is 15.5 Å². The normalized spacial score (nSPS) is 12.1. The van der Waals surface area contributed by atoms with E-state index >= 15 is 0 Å². The molecule has 1 aromatic carbocycles. The van der Waals surface area contributed by atoms with Crippen LogP contribution in [0.1, 0.15) is 34.6 Å². The summed E-state index contributed by atoms with van der Waals surface area (Å²) in [6.45, 7) is 2.22. The van der Waals surface area contributed by atoms with Crippen LogP contribution in [0.4, 0.5) is 4.39 Å². The Hall–Kier alpha value is -3.06. The van der Waals surface area contributed by atoms with E-state index in [0.717, 1.165) is 5.56 Å². The number of hydrogen-bond acceptors (Lipinski definition) is 5. The Morgan fingerprint density at radius 1 is 1.32 bits per heavy atom. The summed E-state index contributed by atoms with van der Waals surface area (Å²) in [6.07, 6.45) is 3.13. The lowest BCUT2D eigenvalue weighted by Gasteiger charge is -2.11. The molecule has 25 heavy (non-hydrogen) atoms. The second-order valence-corrected chi connectivity index (χ2v) is 5.55. The summed E-state index contributed by atoms with van der Waals surface area (Å²) in [6, 6.07) is 9.10. The third-order valence-electron chi connectivity index (χ3n) is 3.79. The molecule has 0 saturated heterocycles. The smallest absolute Gasteiger partial charge is 0.341 e. The highest BCUT2D eigenvalue weighted by Gasteiger charge is 2.27. The van der Waals surface area contributed by atoms with E-state index in [2.05, 4.69) is 15.5 Å². The highest BCUT2D eigenvalue weighted by atomic mass is 19.1. The minimum Gasteiger partial charge on any atom is -0.477 e. The fourth-order valence-electron chi connectivity index (χ4n) is 2.47. The molecule has 0 spiro atoms. The predicted octanol–water partition coefficient (Wildman–Crippen LogP) is 3.42. The van der Waals surface area contributed by atoms with E-state index in [0.29, 0.717) is 12.1 Å². The number of benzene rings is 1. The standard InChI is InChI=1S/C18H16FN3O3/c1-11(21-9-12-4-6-14(19)7-5-12)17-15(18(23)24)16(22-25-17)13-3-2-8-20-10-13/h2-8,10-11,21H,9H2,1H3,(H,23,24)/t11-/m1/s1. The van der Waals surface area contributed by atoms with Crippen molar-refractivity contribution in [2.45, 2.75) is 19.5 Å². The molecule has 0 fully saturated rings. The Bertz CT molecular complexity index is 863. The summed E-state index contributed by atoms with van der Waals surface area (Å²) in [5, 5.41) is 16.6. The van der Waals surface area contributed by atoms with Crippen molar-refractivity contribution in [3.05, 3.63) is 71.5 Å². The first kappa shape index (κ1) is 16.8. The zero-order valence-electron chi connectivity index (χ0n) is 13.4. The van der Waals surface area contributed by atoms with Gasteiger partial charge in [0.2, 0.25) is 0 Å². The second kappa shape index (κ2) is 7.23. The van der Waals surface area contributed by atoms with Gasteiger partial charge in [-0.2, -0.15) is 0 Å². The van der Waals surface area contributed by atoms with Crippen LogP contribution in [-0.2, 0) is 6.54 Å². The van der Waals surface area contributed by atoms with Crippen LogP contribution in [0.5, 0.6) is 0 Å². The van der Waals surface area contributed by atoms with E-state index in [-0.39, 0.29) is 22.8 Å². The monoisotopic (exact) mass is 341 g/mol. The predicted molar refractivity (Wildman–Crippen MR) is 88.3 cm³/mol. The number of aromatic nitrogens is 2. The summed E-state index contributed by atoms with van der Waals surface area (Å²) in [4.78, 5) is 15.7. The highest BCUT2D eigenvalue weighted by Crippen LogP contribution is 2.28. The molecule has 128 valence electrons. The number of hydrogen-bond donors (Lipinski definition) is 2. The third kappa shape index (κ3) is 3.72. The van der Waals surface area contributed by atoms with Gasteiger partial charge in [-0.05, 0) is 36.8 Å². The van der Waals surface area contributed by atoms with Gasteiger partial charge in [0.05, 0.1) is 6.04 Å². The SMILES string of the molecule is C[C@@H](NCc1ccc(F)cc1)c1onc(-c2cccnc2)c1C(=O)O. The molecule has 0 saturated carbocycles. The quantitative estimate of drug-likeness (QED) is 0.714. The van der Waals surface area contributed by atoms with Gasteiger partial charge in [-0.1, -0.05) is 17.3 Å². The molecule has 0 bridgehead atoms. The first-order valence-electron chi connectivity index (χ1n) is 7.67. The first-order chi connectivity index (χ1) is 12.1. The van der Waals surface area contributed by atoms with E-state index in [1.807, 2.05) is 0 Å². The van der Waals surface area contributed by atoms with Crippen LogP contribution in [0.15, 0.2) is 53.3 Å². The lowest BCUT2D eigenvalue weighted by atomic mass is 10.0. The number of rotatable bonds is 6. The van der Waals surface area contributed by atoms with Crippen LogP contribution < -0.4 is 5.32 Å². The number of carboxylic acids is 1. The average molecular weight is 341 g/mol. The molecular weight excluding hydrogens is 325 g/mol. The van der Waals surface area contributed by atoms with Gasteiger partial charge in [-0.15, -0.1) is 0 Å². The first-order valence-corrected chi connectivity index (χ1v) is 7.67. The number of pyridine rings is 1. The second-order valence-electron chi connectivity index (χ2n) is 5.55. The van der Waals surface area contributed by atoms with Gasteiger partial charge in [0, 0.05) is 24.5 Å². The molecule has 3 rings (SSSR count). The maximum absolute atomic E-state index is 12.9. The zero-order valence-corrected chi connectivity index (χ0v) is 13.4. The summed E-state index contributed by atoms with van der Waals surface area (Å²) < 4.78 is 18.2. The topological polar surface area (TPSA) is 88.3 Å². The van der Waals surface area contributed by atoms with E-state index in [4.69, 9.17) is 4.52 Å². The molecule has 7 heteroatoms. The van der Waals surface area contributed by atoms with Gasteiger partial charge < -0.3 is 14.9 Å². The molecule has 6 nitrogen and oxygen atoms in total. The molecule has 1 atom stereocenters. The fraction of sp³-hybridized carbons (Fsp3) is 0.167.